The number of aryl methyl sites for hydroxylation is 1. The number of aliphatic hydroxyl groups is 1. The molecule has 10 nitrogen and oxygen atoms in total. The van der Waals surface area contributed by atoms with Gasteiger partial charge in [-0.15, -0.1) is 5.10 Å². The minimum absolute atomic E-state index is 0.0103. The number of rotatable bonds is 7. The van der Waals surface area contributed by atoms with E-state index in [1.54, 1.807) is 15.8 Å². The molecule has 11 heteroatoms. The van der Waals surface area contributed by atoms with Crippen LogP contribution in [0.4, 0.5) is 11.4 Å². The summed E-state index contributed by atoms with van der Waals surface area (Å²) in [4.78, 5) is 38.9. The summed E-state index contributed by atoms with van der Waals surface area (Å²) >= 11 is 0. The van der Waals surface area contributed by atoms with E-state index in [-0.39, 0.29) is 36.0 Å². The number of nitrogens with one attached hydrogen (secondary N) is 1. The number of anilines is 2. The Kier molecular flexibility index (Phi) is 6.07. The minimum Gasteiger partial charge on any atom is -0.432 e. The van der Waals surface area contributed by atoms with Crippen molar-refractivity contribution >= 4 is 31.5 Å². The summed E-state index contributed by atoms with van der Waals surface area (Å²) < 4.78 is 8.39. The van der Waals surface area contributed by atoms with E-state index >= 15 is 0 Å². The molecular formula is C24H33N5O5Si. The van der Waals surface area contributed by atoms with E-state index in [1.807, 2.05) is 38.2 Å². The fourth-order valence-corrected chi connectivity index (χ4v) is 8.78. The Hall–Kier alpha value is -2.60. The SMILES string of the molecule is C[C@H]1[C@H]([Si](C)(C)O)[C@@H](CCn2cc(CCO)nn2)O[C@]12C(=O)Nc1ccc(N3CCCC3=O)cc12. The molecule has 0 aliphatic carbocycles. The fourth-order valence-electron chi connectivity index (χ4n) is 6.18. The van der Waals surface area contributed by atoms with E-state index < -0.39 is 13.9 Å². The van der Waals surface area contributed by atoms with E-state index in [0.29, 0.717) is 43.7 Å². The number of aromatic nitrogens is 3. The third-order valence-electron chi connectivity index (χ3n) is 7.70. The van der Waals surface area contributed by atoms with Gasteiger partial charge in [0.1, 0.15) is 0 Å². The summed E-state index contributed by atoms with van der Waals surface area (Å²) in [5.74, 6) is -0.392. The average molecular weight is 500 g/mol. The molecule has 4 atom stereocenters. The molecule has 3 aliphatic rings. The molecule has 2 aromatic rings. The van der Waals surface area contributed by atoms with E-state index in [4.69, 9.17) is 9.84 Å². The third kappa shape index (κ3) is 4.00. The monoisotopic (exact) mass is 499 g/mol. The smallest absolute Gasteiger partial charge is 0.261 e. The summed E-state index contributed by atoms with van der Waals surface area (Å²) in [6.07, 6.45) is 3.81. The van der Waals surface area contributed by atoms with Gasteiger partial charge in [0.05, 0.1) is 11.8 Å². The molecule has 0 unspecified atom stereocenters. The predicted molar refractivity (Wildman–Crippen MR) is 131 cm³/mol. The molecule has 2 amide bonds. The number of hydrogen-bond donors (Lipinski definition) is 3. The molecule has 35 heavy (non-hydrogen) atoms. The van der Waals surface area contributed by atoms with Gasteiger partial charge in [-0.3, -0.25) is 14.3 Å². The Morgan fingerprint density at radius 1 is 1.31 bits per heavy atom. The third-order valence-corrected chi connectivity index (χ3v) is 10.2. The number of ether oxygens (including phenoxy) is 1. The Labute approximate surface area is 205 Å². The van der Waals surface area contributed by atoms with Crippen LogP contribution in [0.1, 0.15) is 37.4 Å². The van der Waals surface area contributed by atoms with Crippen molar-refractivity contribution < 1.29 is 24.2 Å². The van der Waals surface area contributed by atoms with Gasteiger partial charge in [-0.25, -0.2) is 0 Å². The maximum Gasteiger partial charge on any atom is 0.261 e. The van der Waals surface area contributed by atoms with Gasteiger partial charge in [0.2, 0.25) is 5.91 Å². The molecule has 5 rings (SSSR count). The van der Waals surface area contributed by atoms with Gasteiger partial charge >= 0.3 is 0 Å². The van der Waals surface area contributed by atoms with Gasteiger partial charge in [-0.2, -0.15) is 0 Å². The first-order valence-corrected chi connectivity index (χ1v) is 15.3. The highest BCUT2D eigenvalue weighted by atomic mass is 28.4. The summed E-state index contributed by atoms with van der Waals surface area (Å²) in [5.41, 5.74) is 1.52. The maximum atomic E-state index is 13.5. The lowest BCUT2D eigenvalue weighted by molar-refractivity contribution is -0.143. The molecule has 1 spiro atoms. The van der Waals surface area contributed by atoms with Crippen LogP contribution in [0, 0.1) is 5.92 Å². The van der Waals surface area contributed by atoms with Crippen molar-refractivity contribution in [2.45, 2.75) is 69.5 Å². The van der Waals surface area contributed by atoms with Gasteiger partial charge in [-0.05, 0) is 44.1 Å². The molecule has 1 aromatic carbocycles. The van der Waals surface area contributed by atoms with Crippen LogP contribution in [-0.2, 0) is 32.9 Å². The Morgan fingerprint density at radius 2 is 2.11 bits per heavy atom. The topological polar surface area (TPSA) is 130 Å². The lowest BCUT2D eigenvalue weighted by atomic mass is 9.82. The first-order valence-electron chi connectivity index (χ1n) is 12.3. The predicted octanol–water partition coefficient (Wildman–Crippen LogP) is 1.78. The lowest BCUT2D eigenvalue weighted by Gasteiger charge is -2.32. The van der Waals surface area contributed by atoms with E-state index in [0.717, 1.165) is 17.7 Å². The highest BCUT2D eigenvalue weighted by Gasteiger charge is 2.64. The highest BCUT2D eigenvalue weighted by Crippen LogP contribution is 2.58. The van der Waals surface area contributed by atoms with Crippen LogP contribution in [0.15, 0.2) is 24.4 Å². The van der Waals surface area contributed by atoms with Crippen molar-refractivity contribution in [2.75, 3.05) is 23.4 Å². The number of carbonyl (C=O) groups excluding carboxylic acids is 2. The zero-order chi connectivity index (χ0) is 25.0. The van der Waals surface area contributed by atoms with Crippen molar-refractivity contribution in [1.82, 2.24) is 15.0 Å². The second-order valence-corrected chi connectivity index (χ2v) is 14.4. The first kappa shape index (κ1) is 24.1. The lowest BCUT2D eigenvalue weighted by Crippen LogP contribution is -2.43. The zero-order valence-corrected chi connectivity index (χ0v) is 21.4. The molecular weight excluding hydrogens is 466 g/mol. The number of aliphatic hydroxyl groups excluding tert-OH is 1. The molecule has 3 aliphatic heterocycles. The first-order chi connectivity index (χ1) is 16.6. The van der Waals surface area contributed by atoms with Gasteiger partial charge in [0, 0.05) is 67.1 Å². The van der Waals surface area contributed by atoms with Crippen LogP contribution in [-0.4, -0.2) is 64.3 Å². The summed E-state index contributed by atoms with van der Waals surface area (Å²) in [6, 6.07) is 5.63. The molecule has 0 bridgehead atoms. The number of nitrogens with zero attached hydrogens (tertiary/aromatic N) is 4. The van der Waals surface area contributed by atoms with Crippen molar-refractivity contribution in [3.63, 3.8) is 0 Å². The molecule has 3 N–H and O–H groups in total. The van der Waals surface area contributed by atoms with Gasteiger partial charge in [0.25, 0.3) is 5.91 Å². The van der Waals surface area contributed by atoms with Crippen molar-refractivity contribution in [2.24, 2.45) is 5.92 Å². The van der Waals surface area contributed by atoms with Gasteiger partial charge < -0.3 is 24.9 Å². The van der Waals surface area contributed by atoms with Crippen molar-refractivity contribution in [1.29, 1.82) is 0 Å². The van der Waals surface area contributed by atoms with Gasteiger partial charge in [-0.1, -0.05) is 12.1 Å². The van der Waals surface area contributed by atoms with E-state index in [1.165, 1.54) is 0 Å². The van der Waals surface area contributed by atoms with Crippen LogP contribution < -0.4 is 10.2 Å². The van der Waals surface area contributed by atoms with Crippen LogP contribution in [0.5, 0.6) is 0 Å². The summed E-state index contributed by atoms with van der Waals surface area (Å²) in [5, 5.41) is 20.3. The highest BCUT2D eigenvalue weighted by molar-refractivity contribution is 6.71. The number of benzene rings is 1. The second kappa shape index (κ2) is 8.81. The largest absolute Gasteiger partial charge is 0.432 e. The van der Waals surface area contributed by atoms with E-state index in [2.05, 4.69) is 15.6 Å². The van der Waals surface area contributed by atoms with Crippen LogP contribution in [0.25, 0.3) is 0 Å². The maximum absolute atomic E-state index is 13.5. The Morgan fingerprint density at radius 3 is 2.80 bits per heavy atom. The second-order valence-electron chi connectivity index (χ2n) is 10.4. The number of amides is 2. The van der Waals surface area contributed by atoms with Crippen LogP contribution in [0.2, 0.25) is 18.6 Å². The number of carbonyl (C=O) groups is 2. The van der Waals surface area contributed by atoms with Crippen LogP contribution >= 0.6 is 0 Å². The van der Waals surface area contributed by atoms with Gasteiger partial charge in [0.15, 0.2) is 13.9 Å². The molecule has 0 saturated carbocycles. The Balaban J connectivity index is 1.47. The van der Waals surface area contributed by atoms with E-state index in [9.17, 15) is 14.4 Å². The molecule has 0 radical (unpaired) electrons. The molecule has 2 fully saturated rings. The minimum atomic E-state index is -2.74. The number of hydrogen-bond acceptors (Lipinski definition) is 7. The van der Waals surface area contributed by atoms with Crippen molar-refractivity contribution in [3.8, 4) is 0 Å². The fraction of sp³-hybridized carbons (Fsp3) is 0.583. The number of fused-ring (bicyclic) bond motifs is 2. The summed E-state index contributed by atoms with van der Waals surface area (Å²) in [7, 11) is -2.74. The summed E-state index contributed by atoms with van der Waals surface area (Å²) in [6.45, 7) is 6.98. The van der Waals surface area contributed by atoms with Crippen LogP contribution in [0.3, 0.4) is 0 Å². The normalized spacial score (nSPS) is 28.3. The quantitative estimate of drug-likeness (QED) is 0.495. The molecule has 4 heterocycles. The zero-order valence-electron chi connectivity index (χ0n) is 20.4. The molecule has 188 valence electrons. The standard InChI is InChI=1S/C24H33N5O5Si/c1-15-22(35(2,3)33)20(8-11-28-14-16(9-12-30)26-27-28)34-24(15)18-13-17(29-10-4-5-21(29)31)6-7-19(18)25-23(24)32/h6-7,13-15,20,22,30,33H,4-5,8-12H2,1-3H3,(H,25,32)/t15-,20+,22-,24+/m0/s1. The molecule has 1 aromatic heterocycles. The molecule has 2 saturated heterocycles. The Bertz CT molecular complexity index is 1150. The van der Waals surface area contributed by atoms with Crippen molar-refractivity contribution in [3.05, 3.63) is 35.7 Å². The average Bonchev–Trinajstić information content (AvgIpc) is 3.54.